The van der Waals surface area contributed by atoms with Crippen LogP contribution in [-0.2, 0) is 11.2 Å². The maximum Gasteiger partial charge on any atom is 0.244 e. The zero-order valence-electron chi connectivity index (χ0n) is 13.4. The van der Waals surface area contributed by atoms with E-state index in [1.54, 1.807) is 34.6 Å². The molecule has 1 N–H and O–H groups in total. The molecule has 1 atom stereocenters. The molecule has 0 aliphatic rings. The highest BCUT2D eigenvalue weighted by molar-refractivity contribution is 7.13. The van der Waals surface area contributed by atoms with Gasteiger partial charge in [0, 0.05) is 48.7 Å². The van der Waals surface area contributed by atoms with Crippen molar-refractivity contribution in [2.45, 2.75) is 25.8 Å². The van der Waals surface area contributed by atoms with Gasteiger partial charge in [0.25, 0.3) is 0 Å². The molecule has 124 valence electrons. The van der Waals surface area contributed by atoms with E-state index in [9.17, 15) is 4.79 Å². The lowest BCUT2D eigenvalue weighted by Gasteiger charge is -2.15. The quantitative estimate of drug-likeness (QED) is 0.717. The van der Waals surface area contributed by atoms with Crippen LogP contribution in [0.1, 0.15) is 25.1 Å². The highest BCUT2D eigenvalue weighted by Crippen LogP contribution is 2.22. The van der Waals surface area contributed by atoms with E-state index in [-0.39, 0.29) is 11.9 Å². The molecule has 0 saturated heterocycles. The summed E-state index contributed by atoms with van der Waals surface area (Å²) >= 11 is 1.60. The Balaban J connectivity index is 1.53. The lowest BCUT2D eigenvalue weighted by Crippen LogP contribution is -2.33. The van der Waals surface area contributed by atoms with Crippen LogP contribution in [0, 0.1) is 0 Å². The summed E-state index contributed by atoms with van der Waals surface area (Å²) in [7, 11) is 0. The molecule has 0 unspecified atom stereocenters. The number of pyridine rings is 1. The summed E-state index contributed by atoms with van der Waals surface area (Å²) in [6.45, 7) is 2.55. The molecule has 6 nitrogen and oxygen atoms in total. The van der Waals surface area contributed by atoms with Crippen molar-refractivity contribution < 1.29 is 4.79 Å². The van der Waals surface area contributed by atoms with Crippen LogP contribution in [0.25, 0.3) is 10.6 Å². The van der Waals surface area contributed by atoms with Gasteiger partial charge >= 0.3 is 0 Å². The van der Waals surface area contributed by atoms with E-state index < -0.39 is 0 Å². The van der Waals surface area contributed by atoms with Crippen molar-refractivity contribution in [3.8, 4) is 10.6 Å². The molecule has 0 spiro atoms. The highest BCUT2D eigenvalue weighted by atomic mass is 32.1. The van der Waals surface area contributed by atoms with Crippen LogP contribution in [0.4, 0.5) is 0 Å². The lowest BCUT2D eigenvalue weighted by atomic mass is 10.2. The van der Waals surface area contributed by atoms with E-state index in [4.69, 9.17) is 0 Å². The predicted molar refractivity (Wildman–Crippen MR) is 93.6 cm³/mol. The van der Waals surface area contributed by atoms with Gasteiger partial charge in [-0.1, -0.05) is 6.92 Å². The normalized spacial score (nSPS) is 12.0. The van der Waals surface area contributed by atoms with Gasteiger partial charge in [0.05, 0.1) is 5.69 Å². The number of hydrogen-bond acceptors (Lipinski definition) is 5. The number of nitrogens with zero attached hydrogens (tertiary/aromatic N) is 4. The molecule has 3 aromatic heterocycles. The smallest absolute Gasteiger partial charge is 0.244 e. The van der Waals surface area contributed by atoms with Crippen molar-refractivity contribution in [2.24, 2.45) is 0 Å². The third kappa shape index (κ3) is 3.86. The minimum absolute atomic E-state index is 0.00853. The maximum atomic E-state index is 12.3. The Morgan fingerprint density at radius 2 is 2.17 bits per heavy atom. The molecular formula is C17H19N5OS. The van der Waals surface area contributed by atoms with Crippen molar-refractivity contribution >= 4 is 17.2 Å². The molecular weight excluding hydrogens is 322 g/mol. The summed E-state index contributed by atoms with van der Waals surface area (Å²) in [6, 6.07) is 5.45. The summed E-state index contributed by atoms with van der Waals surface area (Å²) in [5, 5.41) is 10.1. The molecule has 0 fully saturated rings. The Kier molecular flexibility index (Phi) is 5.32. The van der Waals surface area contributed by atoms with E-state index in [0.717, 1.165) is 16.3 Å². The number of thiazole rings is 1. The number of hydrogen-bond donors (Lipinski definition) is 1. The minimum Gasteiger partial charge on any atom is -0.354 e. The fourth-order valence-corrected chi connectivity index (χ4v) is 3.30. The van der Waals surface area contributed by atoms with Crippen LogP contribution in [0.3, 0.4) is 0 Å². The molecule has 0 aliphatic carbocycles. The van der Waals surface area contributed by atoms with Crippen molar-refractivity contribution in [1.82, 2.24) is 25.1 Å². The third-order valence-electron chi connectivity index (χ3n) is 3.69. The van der Waals surface area contributed by atoms with E-state index >= 15 is 0 Å². The Bertz CT molecular complexity index is 769. The first kappa shape index (κ1) is 16.3. The lowest BCUT2D eigenvalue weighted by molar-refractivity contribution is -0.124. The van der Waals surface area contributed by atoms with Gasteiger partial charge in [-0.25, -0.2) is 4.98 Å². The molecule has 3 heterocycles. The number of rotatable bonds is 7. The maximum absolute atomic E-state index is 12.3. The number of carbonyl (C=O) groups excluding carboxylic acids is 1. The molecule has 0 bridgehead atoms. The first-order valence-corrected chi connectivity index (χ1v) is 8.77. The van der Waals surface area contributed by atoms with Crippen LogP contribution >= 0.6 is 11.3 Å². The van der Waals surface area contributed by atoms with Gasteiger partial charge < -0.3 is 5.32 Å². The van der Waals surface area contributed by atoms with Gasteiger partial charge in [0.2, 0.25) is 5.91 Å². The average molecular weight is 341 g/mol. The number of nitrogens with one attached hydrogen (secondary N) is 1. The SMILES string of the molecule is CC[C@@H](C(=O)NCCc1csc(-c2ccncc2)n1)n1cccn1. The fourth-order valence-electron chi connectivity index (χ4n) is 2.44. The fraction of sp³-hybridized carbons (Fsp3) is 0.294. The number of aromatic nitrogens is 4. The Hall–Kier alpha value is -2.54. The molecule has 1 amide bonds. The van der Waals surface area contributed by atoms with Crippen molar-refractivity contribution in [1.29, 1.82) is 0 Å². The Morgan fingerprint density at radius 1 is 1.33 bits per heavy atom. The van der Waals surface area contributed by atoms with Crippen LogP contribution < -0.4 is 5.32 Å². The van der Waals surface area contributed by atoms with Crippen LogP contribution in [-0.4, -0.2) is 32.2 Å². The second kappa shape index (κ2) is 7.83. The van der Waals surface area contributed by atoms with Gasteiger partial charge in [-0.3, -0.25) is 14.5 Å². The molecule has 0 radical (unpaired) electrons. The average Bonchev–Trinajstić information content (AvgIpc) is 3.28. The van der Waals surface area contributed by atoms with Crippen LogP contribution in [0.15, 0.2) is 48.4 Å². The summed E-state index contributed by atoms with van der Waals surface area (Å²) in [4.78, 5) is 20.9. The third-order valence-corrected chi connectivity index (χ3v) is 4.63. The first-order chi connectivity index (χ1) is 11.8. The van der Waals surface area contributed by atoms with Crippen molar-refractivity contribution in [3.05, 3.63) is 54.1 Å². The van der Waals surface area contributed by atoms with E-state index in [1.165, 1.54) is 0 Å². The zero-order chi connectivity index (χ0) is 16.8. The summed E-state index contributed by atoms with van der Waals surface area (Å²) < 4.78 is 1.69. The van der Waals surface area contributed by atoms with Crippen LogP contribution in [0.5, 0.6) is 0 Å². The predicted octanol–water partition coefficient (Wildman–Crippen LogP) is 2.71. The monoisotopic (exact) mass is 341 g/mol. The Morgan fingerprint density at radius 3 is 2.88 bits per heavy atom. The summed E-state index contributed by atoms with van der Waals surface area (Å²) in [5.41, 5.74) is 2.05. The molecule has 0 aromatic carbocycles. The van der Waals surface area contributed by atoms with Gasteiger partial charge in [-0.15, -0.1) is 11.3 Å². The molecule has 3 aromatic rings. The summed E-state index contributed by atoms with van der Waals surface area (Å²) in [6.07, 6.45) is 8.44. The second-order valence-corrected chi connectivity index (χ2v) is 6.19. The number of carbonyl (C=O) groups is 1. The van der Waals surface area contributed by atoms with Gasteiger partial charge in [0.1, 0.15) is 11.0 Å². The van der Waals surface area contributed by atoms with E-state index in [2.05, 4.69) is 20.4 Å². The topological polar surface area (TPSA) is 72.7 Å². The van der Waals surface area contributed by atoms with Crippen molar-refractivity contribution in [2.75, 3.05) is 6.54 Å². The molecule has 7 heteroatoms. The molecule has 0 aliphatic heterocycles. The first-order valence-electron chi connectivity index (χ1n) is 7.89. The van der Waals surface area contributed by atoms with Gasteiger partial charge in [-0.05, 0) is 24.6 Å². The van der Waals surface area contributed by atoms with E-state index in [1.807, 2.05) is 36.7 Å². The molecule has 3 rings (SSSR count). The largest absolute Gasteiger partial charge is 0.354 e. The standard InChI is InChI=1S/C17H19N5OS/c1-2-15(22-11-3-7-20-22)16(23)19-10-6-14-12-24-17(21-14)13-4-8-18-9-5-13/h3-5,7-9,11-12,15H,2,6,10H2,1H3,(H,19,23)/t15-/m0/s1. The second-order valence-electron chi connectivity index (χ2n) is 5.33. The molecule has 0 saturated carbocycles. The summed E-state index contributed by atoms with van der Waals surface area (Å²) in [5.74, 6) is -0.00853. The molecule has 24 heavy (non-hydrogen) atoms. The van der Waals surface area contributed by atoms with Crippen LogP contribution in [0.2, 0.25) is 0 Å². The number of amides is 1. The minimum atomic E-state index is -0.261. The zero-order valence-corrected chi connectivity index (χ0v) is 14.2. The highest BCUT2D eigenvalue weighted by Gasteiger charge is 2.18. The van der Waals surface area contributed by atoms with Crippen molar-refractivity contribution in [3.63, 3.8) is 0 Å². The van der Waals surface area contributed by atoms with Gasteiger partial charge in [-0.2, -0.15) is 5.10 Å². The van der Waals surface area contributed by atoms with Gasteiger partial charge in [0.15, 0.2) is 0 Å². The van der Waals surface area contributed by atoms with E-state index in [0.29, 0.717) is 19.4 Å². The Labute approximate surface area is 144 Å².